The highest BCUT2D eigenvalue weighted by molar-refractivity contribution is 5.90. The number of hydrogen-bond acceptors (Lipinski definition) is 6. The molecule has 1 aliphatic heterocycles. The Morgan fingerprint density at radius 3 is 2.26 bits per heavy atom. The molecule has 1 fully saturated rings. The third-order valence-corrected chi connectivity index (χ3v) is 7.18. The molecule has 1 aromatic heterocycles. The normalized spacial score (nSPS) is 18.3. The van der Waals surface area contributed by atoms with E-state index in [-0.39, 0.29) is 31.6 Å². The monoisotopic (exact) mass is 653 g/mol. The summed E-state index contributed by atoms with van der Waals surface area (Å²) in [6, 6.07) is 13.0. The standard InChI is InChI=1S/C30H26F7N5O4/c1-17(19-13-20(29(32,33)34)15-21(14-19)30(35,36)37)46-26-25(18-7-9-22(31)10-8-18)41(11-12-45-26)16-24-39-28(44)42(40-24)27(43)38-23-5-3-2-4-6-23/h2-10,13-15,17,25-26H,11-12,16H2,1H3,(H,38,43)(H,39,40,44)/t17-,25+,26-/m1/s1. The van der Waals surface area contributed by atoms with Gasteiger partial charge in [0, 0.05) is 12.2 Å². The zero-order valence-electron chi connectivity index (χ0n) is 23.9. The Balaban J connectivity index is 1.42. The summed E-state index contributed by atoms with van der Waals surface area (Å²) in [7, 11) is 0. The molecule has 244 valence electrons. The Hall–Kier alpha value is -4.54. The molecule has 46 heavy (non-hydrogen) atoms. The zero-order chi connectivity index (χ0) is 33.2. The Labute approximate surface area is 256 Å². The van der Waals surface area contributed by atoms with Gasteiger partial charge in [0.25, 0.3) is 0 Å². The molecule has 2 heterocycles. The van der Waals surface area contributed by atoms with Crippen LogP contribution in [0.15, 0.2) is 77.6 Å². The Kier molecular flexibility index (Phi) is 9.32. The fraction of sp³-hybridized carbons (Fsp3) is 0.300. The summed E-state index contributed by atoms with van der Waals surface area (Å²) in [6.07, 6.45) is -12.7. The number of aromatic amines is 1. The number of morpholine rings is 1. The van der Waals surface area contributed by atoms with Crippen molar-refractivity contribution < 1.29 is 45.0 Å². The molecule has 2 N–H and O–H groups in total. The summed E-state index contributed by atoms with van der Waals surface area (Å²) < 4.78 is 107. The van der Waals surface area contributed by atoms with Gasteiger partial charge in [0.15, 0.2) is 6.29 Å². The minimum atomic E-state index is -5.05. The third kappa shape index (κ3) is 7.63. The lowest BCUT2D eigenvalue weighted by molar-refractivity contribution is -0.231. The summed E-state index contributed by atoms with van der Waals surface area (Å²) in [5.74, 6) is -0.504. The molecule has 3 atom stereocenters. The first kappa shape index (κ1) is 32.8. The van der Waals surface area contributed by atoms with Crippen LogP contribution in [0.1, 0.15) is 47.1 Å². The quantitative estimate of drug-likeness (QED) is 0.221. The van der Waals surface area contributed by atoms with Gasteiger partial charge in [0.05, 0.1) is 36.4 Å². The number of carbonyl (C=O) groups excluding carboxylic acids is 1. The van der Waals surface area contributed by atoms with E-state index < -0.39 is 65.0 Å². The lowest BCUT2D eigenvalue weighted by Crippen LogP contribution is -2.46. The number of carbonyl (C=O) groups is 1. The number of ether oxygens (including phenoxy) is 2. The van der Waals surface area contributed by atoms with Crippen molar-refractivity contribution in [1.29, 1.82) is 0 Å². The lowest BCUT2D eigenvalue weighted by Gasteiger charge is -2.41. The first-order chi connectivity index (χ1) is 21.7. The second-order valence-electron chi connectivity index (χ2n) is 10.4. The van der Waals surface area contributed by atoms with Crippen LogP contribution in [0.3, 0.4) is 0 Å². The van der Waals surface area contributed by atoms with E-state index in [1.54, 1.807) is 35.2 Å². The van der Waals surface area contributed by atoms with Crippen LogP contribution in [-0.2, 0) is 28.4 Å². The van der Waals surface area contributed by atoms with Gasteiger partial charge in [-0.05, 0) is 60.5 Å². The van der Waals surface area contributed by atoms with Gasteiger partial charge in [-0.25, -0.2) is 14.0 Å². The van der Waals surface area contributed by atoms with Gasteiger partial charge in [-0.2, -0.15) is 26.3 Å². The molecular formula is C30H26F7N5O4. The van der Waals surface area contributed by atoms with Crippen LogP contribution >= 0.6 is 0 Å². The van der Waals surface area contributed by atoms with E-state index in [0.717, 1.165) is 12.1 Å². The molecule has 5 rings (SSSR count). The van der Waals surface area contributed by atoms with E-state index in [1.165, 1.54) is 19.1 Å². The smallest absolute Gasteiger partial charge is 0.349 e. The van der Waals surface area contributed by atoms with Crippen molar-refractivity contribution in [3.63, 3.8) is 0 Å². The van der Waals surface area contributed by atoms with E-state index in [0.29, 0.717) is 28.1 Å². The minimum Gasteiger partial charge on any atom is -0.349 e. The Morgan fingerprint density at radius 2 is 1.65 bits per heavy atom. The van der Waals surface area contributed by atoms with Crippen molar-refractivity contribution in [3.05, 3.63) is 117 Å². The van der Waals surface area contributed by atoms with Crippen LogP contribution in [0.5, 0.6) is 0 Å². The van der Waals surface area contributed by atoms with Crippen molar-refractivity contribution in [2.75, 3.05) is 18.5 Å². The molecule has 3 aromatic carbocycles. The van der Waals surface area contributed by atoms with E-state index in [2.05, 4.69) is 15.4 Å². The number of nitrogens with one attached hydrogen (secondary N) is 2. The second-order valence-corrected chi connectivity index (χ2v) is 10.4. The fourth-order valence-corrected chi connectivity index (χ4v) is 4.97. The zero-order valence-corrected chi connectivity index (χ0v) is 23.9. The number of anilines is 1. The summed E-state index contributed by atoms with van der Waals surface area (Å²) >= 11 is 0. The summed E-state index contributed by atoms with van der Waals surface area (Å²) in [6.45, 7) is 1.39. The molecule has 16 heteroatoms. The Bertz CT molecular complexity index is 1690. The molecule has 0 spiro atoms. The first-order valence-corrected chi connectivity index (χ1v) is 13.8. The molecule has 0 bridgehead atoms. The summed E-state index contributed by atoms with van der Waals surface area (Å²) in [5.41, 5.74) is -3.36. The van der Waals surface area contributed by atoms with Crippen LogP contribution in [0.4, 0.5) is 41.2 Å². The first-order valence-electron chi connectivity index (χ1n) is 13.8. The summed E-state index contributed by atoms with van der Waals surface area (Å²) in [5, 5.41) is 6.62. The number of hydrogen-bond donors (Lipinski definition) is 2. The number of H-pyrrole nitrogens is 1. The fourth-order valence-electron chi connectivity index (χ4n) is 4.97. The molecule has 0 aliphatic carbocycles. The van der Waals surface area contributed by atoms with Crippen LogP contribution in [0.25, 0.3) is 0 Å². The molecule has 1 amide bonds. The maximum absolute atomic E-state index is 13.8. The predicted octanol–water partition coefficient (Wildman–Crippen LogP) is 6.51. The molecule has 1 aliphatic rings. The number of aromatic nitrogens is 3. The maximum Gasteiger partial charge on any atom is 0.416 e. The molecule has 4 aromatic rings. The topological polar surface area (TPSA) is 101 Å². The lowest BCUT2D eigenvalue weighted by atomic mass is 10.0. The average molecular weight is 654 g/mol. The van der Waals surface area contributed by atoms with Crippen LogP contribution in [0.2, 0.25) is 0 Å². The molecule has 0 unspecified atom stereocenters. The van der Waals surface area contributed by atoms with Crippen molar-refractivity contribution >= 4 is 11.7 Å². The van der Waals surface area contributed by atoms with E-state index in [4.69, 9.17) is 9.47 Å². The second kappa shape index (κ2) is 13.1. The predicted molar refractivity (Wildman–Crippen MR) is 149 cm³/mol. The van der Waals surface area contributed by atoms with Crippen LogP contribution in [-0.4, -0.2) is 45.1 Å². The van der Waals surface area contributed by atoms with Gasteiger partial charge >= 0.3 is 24.1 Å². The highest BCUT2D eigenvalue weighted by Gasteiger charge is 2.39. The van der Waals surface area contributed by atoms with Crippen LogP contribution < -0.4 is 11.0 Å². The number of halogens is 7. The molecule has 0 saturated carbocycles. The number of amides is 1. The maximum atomic E-state index is 13.8. The van der Waals surface area contributed by atoms with Gasteiger partial charge in [0.2, 0.25) is 0 Å². The SMILES string of the molecule is C[C@@H](O[C@H]1OCCN(Cc2nn(C(=O)Nc3ccccc3)c(=O)[nH]2)[C@H]1c1ccc(F)cc1)c1cc(C(F)(F)F)cc(C(F)(F)F)c1. The van der Waals surface area contributed by atoms with Crippen LogP contribution in [0, 0.1) is 5.82 Å². The largest absolute Gasteiger partial charge is 0.416 e. The minimum absolute atomic E-state index is 0.00487. The number of alkyl halides is 6. The highest BCUT2D eigenvalue weighted by atomic mass is 19.4. The molecule has 9 nitrogen and oxygen atoms in total. The van der Waals surface area contributed by atoms with Crippen molar-refractivity contribution in [2.24, 2.45) is 0 Å². The number of rotatable bonds is 7. The molecule has 1 saturated heterocycles. The summed E-state index contributed by atoms with van der Waals surface area (Å²) in [4.78, 5) is 29.5. The molecule has 0 radical (unpaired) electrons. The van der Waals surface area contributed by atoms with Gasteiger partial charge in [-0.3, -0.25) is 9.88 Å². The van der Waals surface area contributed by atoms with E-state index >= 15 is 0 Å². The van der Waals surface area contributed by atoms with E-state index in [9.17, 15) is 40.3 Å². The Morgan fingerprint density at radius 1 is 1.02 bits per heavy atom. The third-order valence-electron chi connectivity index (χ3n) is 7.18. The van der Waals surface area contributed by atoms with E-state index in [1.807, 2.05) is 0 Å². The highest BCUT2D eigenvalue weighted by Crippen LogP contribution is 2.39. The van der Waals surface area contributed by atoms with Crippen molar-refractivity contribution in [1.82, 2.24) is 19.7 Å². The van der Waals surface area contributed by atoms with Gasteiger partial charge in [0.1, 0.15) is 11.6 Å². The van der Waals surface area contributed by atoms with Gasteiger partial charge in [-0.15, -0.1) is 9.78 Å². The molecular weight excluding hydrogens is 627 g/mol. The van der Waals surface area contributed by atoms with Crippen molar-refractivity contribution in [3.8, 4) is 0 Å². The average Bonchev–Trinajstić information content (AvgIpc) is 3.37. The number of para-hydroxylation sites is 1. The van der Waals surface area contributed by atoms with Gasteiger partial charge < -0.3 is 14.8 Å². The van der Waals surface area contributed by atoms with Gasteiger partial charge in [-0.1, -0.05) is 30.3 Å². The number of nitrogens with zero attached hydrogens (tertiary/aromatic N) is 3. The van der Waals surface area contributed by atoms with Crippen molar-refractivity contribution in [2.45, 2.75) is 44.3 Å². The number of benzene rings is 3.